The van der Waals surface area contributed by atoms with Crippen LogP contribution >= 0.6 is 0 Å². The lowest BCUT2D eigenvalue weighted by molar-refractivity contribution is -0.128. The van der Waals surface area contributed by atoms with Gasteiger partial charge in [-0.25, -0.2) is 4.79 Å². The number of carbonyl (C=O) groups is 2. The van der Waals surface area contributed by atoms with Gasteiger partial charge in [0.25, 0.3) is 5.91 Å². The lowest BCUT2D eigenvalue weighted by Gasteiger charge is -2.09. The first-order chi connectivity index (χ1) is 10.7. The lowest BCUT2D eigenvalue weighted by Crippen LogP contribution is -2.31. The second-order valence-corrected chi connectivity index (χ2v) is 4.94. The molecule has 3 rings (SSSR count). The van der Waals surface area contributed by atoms with E-state index in [0.717, 1.165) is 11.3 Å². The average Bonchev–Trinajstić information content (AvgIpc) is 3.10. The van der Waals surface area contributed by atoms with Crippen LogP contribution in [0.4, 0.5) is 4.79 Å². The van der Waals surface area contributed by atoms with Crippen molar-refractivity contribution in [1.29, 1.82) is 0 Å². The van der Waals surface area contributed by atoms with Gasteiger partial charge >= 0.3 is 6.03 Å². The third kappa shape index (κ3) is 2.67. The van der Waals surface area contributed by atoms with Crippen LogP contribution in [0, 0.1) is 0 Å². The van der Waals surface area contributed by atoms with Crippen LogP contribution in [0.25, 0.3) is 11.5 Å². The molecule has 114 valence electrons. The predicted octanol–water partition coefficient (Wildman–Crippen LogP) is 1.35. The maximum Gasteiger partial charge on any atom is 0.325 e. The van der Waals surface area contributed by atoms with Crippen LogP contribution < -0.4 is 5.32 Å². The number of hydrogen-bond acceptors (Lipinski definition) is 6. The molecule has 2 aromatic rings. The molecule has 0 aromatic carbocycles. The van der Waals surface area contributed by atoms with E-state index in [9.17, 15) is 9.59 Å². The number of nitrogens with one attached hydrogen (secondary N) is 1. The Morgan fingerprint density at radius 3 is 2.95 bits per heavy atom. The number of aromatic nitrogens is 3. The normalized spacial score (nSPS) is 17.9. The van der Waals surface area contributed by atoms with Crippen LogP contribution in [0.1, 0.15) is 25.7 Å². The van der Waals surface area contributed by atoms with E-state index in [1.165, 1.54) is 0 Å². The van der Waals surface area contributed by atoms with Crippen molar-refractivity contribution < 1.29 is 14.1 Å². The molecule has 1 aliphatic rings. The highest BCUT2D eigenvalue weighted by Crippen LogP contribution is 2.16. The fraction of sp³-hybridized carbons (Fsp3) is 0.357. The number of nitrogens with zero attached hydrogens (tertiary/aromatic N) is 4. The first-order valence-electron chi connectivity index (χ1n) is 7.05. The Morgan fingerprint density at radius 2 is 2.23 bits per heavy atom. The molecule has 0 unspecified atom stereocenters. The number of imide groups is 1. The predicted molar refractivity (Wildman–Crippen MR) is 75.3 cm³/mol. The number of urea groups is 1. The van der Waals surface area contributed by atoms with Crippen LogP contribution in [0.15, 0.2) is 28.9 Å². The van der Waals surface area contributed by atoms with Gasteiger partial charge in [0, 0.05) is 6.20 Å². The van der Waals surface area contributed by atoms with E-state index in [2.05, 4.69) is 20.4 Å². The van der Waals surface area contributed by atoms with Gasteiger partial charge in [0.2, 0.25) is 11.7 Å². The fourth-order valence-electron chi connectivity index (χ4n) is 2.26. The topological polar surface area (TPSA) is 101 Å². The number of carbonyl (C=O) groups excluding carboxylic acids is 2. The minimum absolute atomic E-state index is 0.0370. The molecule has 1 aliphatic heterocycles. The Balaban J connectivity index is 1.73. The molecule has 0 radical (unpaired) electrons. The average molecular weight is 301 g/mol. The van der Waals surface area contributed by atoms with Crippen LogP contribution in [0.3, 0.4) is 0 Å². The number of amides is 3. The minimum Gasteiger partial charge on any atom is -0.337 e. The molecular formula is C14H15N5O3. The van der Waals surface area contributed by atoms with Gasteiger partial charge in [-0.2, -0.15) is 4.98 Å². The van der Waals surface area contributed by atoms with E-state index >= 15 is 0 Å². The largest absolute Gasteiger partial charge is 0.337 e. The summed E-state index contributed by atoms with van der Waals surface area (Å²) in [4.78, 5) is 33.3. The second-order valence-electron chi connectivity index (χ2n) is 4.94. The third-order valence-corrected chi connectivity index (χ3v) is 3.34. The van der Waals surface area contributed by atoms with Gasteiger partial charge in [-0.3, -0.25) is 14.7 Å². The van der Waals surface area contributed by atoms with Crippen molar-refractivity contribution in [3.63, 3.8) is 0 Å². The highest BCUT2D eigenvalue weighted by molar-refractivity contribution is 6.04. The monoisotopic (exact) mass is 301 g/mol. The first kappa shape index (κ1) is 14.2. The summed E-state index contributed by atoms with van der Waals surface area (Å²) in [5.41, 5.74) is 0.568. The lowest BCUT2D eigenvalue weighted by atomic mass is 10.2. The Hall–Kier alpha value is -2.77. The molecule has 1 fully saturated rings. The summed E-state index contributed by atoms with van der Waals surface area (Å²) < 4.78 is 5.10. The van der Waals surface area contributed by atoms with Crippen LogP contribution in [0.2, 0.25) is 0 Å². The zero-order valence-corrected chi connectivity index (χ0v) is 12.0. The molecule has 22 heavy (non-hydrogen) atoms. The molecule has 2 aromatic heterocycles. The van der Waals surface area contributed by atoms with Gasteiger partial charge in [0.1, 0.15) is 18.3 Å². The van der Waals surface area contributed by atoms with Crippen LogP contribution in [0.5, 0.6) is 0 Å². The van der Waals surface area contributed by atoms with Gasteiger partial charge in [0.05, 0.1) is 0 Å². The molecule has 1 N–H and O–H groups in total. The van der Waals surface area contributed by atoms with Gasteiger partial charge in [-0.05, 0) is 18.6 Å². The smallest absolute Gasteiger partial charge is 0.325 e. The molecule has 0 saturated carbocycles. The molecule has 1 saturated heterocycles. The van der Waals surface area contributed by atoms with E-state index in [-0.39, 0.29) is 18.3 Å². The van der Waals surface area contributed by atoms with E-state index in [1.807, 2.05) is 13.0 Å². The molecule has 3 heterocycles. The Kier molecular flexibility index (Phi) is 3.82. The third-order valence-electron chi connectivity index (χ3n) is 3.34. The Morgan fingerprint density at radius 1 is 1.36 bits per heavy atom. The summed E-state index contributed by atoms with van der Waals surface area (Å²) in [5.74, 6) is 0.262. The van der Waals surface area contributed by atoms with Crippen LogP contribution in [-0.2, 0) is 11.3 Å². The number of pyridine rings is 1. The first-order valence-corrected chi connectivity index (χ1v) is 7.05. The van der Waals surface area contributed by atoms with Gasteiger partial charge in [0.15, 0.2) is 0 Å². The molecule has 8 nitrogen and oxygen atoms in total. The zero-order chi connectivity index (χ0) is 15.5. The van der Waals surface area contributed by atoms with Crippen molar-refractivity contribution in [2.24, 2.45) is 0 Å². The van der Waals surface area contributed by atoms with Gasteiger partial charge < -0.3 is 9.84 Å². The second kappa shape index (κ2) is 5.92. The molecule has 0 aliphatic carbocycles. The minimum atomic E-state index is -0.462. The molecule has 0 bridgehead atoms. The van der Waals surface area contributed by atoms with E-state index in [1.54, 1.807) is 18.3 Å². The maximum atomic E-state index is 12.1. The summed E-state index contributed by atoms with van der Waals surface area (Å²) in [6.07, 6.45) is 3.05. The number of hydrogen-bond donors (Lipinski definition) is 1. The number of rotatable bonds is 5. The van der Waals surface area contributed by atoms with Crippen molar-refractivity contribution in [3.8, 4) is 11.5 Å². The molecule has 8 heteroatoms. The van der Waals surface area contributed by atoms with Crippen LogP contribution in [-0.4, -0.2) is 38.0 Å². The van der Waals surface area contributed by atoms with E-state index in [0.29, 0.717) is 17.9 Å². The Bertz CT molecular complexity index is 685. The van der Waals surface area contributed by atoms with E-state index in [4.69, 9.17) is 4.52 Å². The van der Waals surface area contributed by atoms with Crippen molar-refractivity contribution in [2.75, 3.05) is 0 Å². The zero-order valence-electron chi connectivity index (χ0n) is 12.0. The molecule has 1 atom stereocenters. The highest BCUT2D eigenvalue weighted by Gasteiger charge is 2.38. The summed E-state index contributed by atoms with van der Waals surface area (Å²) in [5, 5.41) is 6.46. The Labute approximate surface area is 126 Å². The quantitative estimate of drug-likeness (QED) is 0.836. The van der Waals surface area contributed by atoms with Gasteiger partial charge in [-0.15, -0.1) is 0 Å². The highest BCUT2D eigenvalue weighted by atomic mass is 16.5. The maximum absolute atomic E-state index is 12.1. The van der Waals surface area contributed by atoms with E-state index < -0.39 is 12.1 Å². The molecule has 0 spiro atoms. The van der Waals surface area contributed by atoms with Gasteiger partial charge in [-0.1, -0.05) is 24.6 Å². The summed E-state index contributed by atoms with van der Waals surface area (Å²) >= 11 is 0. The van der Waals surface area contributed by atoms with Crippen molar-refractivity contribution in [3.05, 3.63) is 30.3 Å². The van der Waals surface area contributed by atoms with Crippen molar-refractivity contribution >= 4 is 11.9 Å². The SMILES string of the molecule is CCC[C@@H]1NC(=O)N(Cc2nc(-c3ccccn3)no2)C1=O. The summed E-state index contributed by atoms with van der Waals surface area (Å²) in [6, 6.07) is 4.45. The standard InChI is InChI=1S/C14H15N5O3/c1-2-5-10-13(20)19(14(21)16-10)8-11-17-12(18-22-11)9-6-3-4-7-15-9/h3-4,6-7,10H,2,5,8H2,1H3,(H,16,21)/t10-/m0/s1. The summed E-state index contributed by atoms with van der Waals surface area (Å²) in [6.45, 7) is 1.92. The summed E-state index contributed by atoms with van der Waals surface area (Å²) in [7, 11) is 0. The fourth-order valence-corrected chi connectivity index (χ4v) is 2.26. The molecule has 3 amide bonds. The van der Waals surface area contributed by atoms with Crippen molar-refractivity contribution in [2.45, 2.75) is 32.4 Å². The molecular weight excluding hydrogens is 286 g/mol. The van der Waals surface area contributed by atoms with Crippen molar-refractivity contribution in [1.82, 2.24) is 25.3 Å².